The summed E-state index contributed by atoms with van der Waals surface area (Å²) in [4.78, 5) is 15.6. The summed E-state index contributed by atoms with van der Waals surface area (Å²) in [6.07, 6.45) is 4.59. The van der Waals surface area contributed by atoms with Crippen LogP contribution in [0, 0.1) is 0 Å². The fourth-order valence-corrected chi connectivity index (χ4v) is 2.43. The van der Waals surface area contributed by atoms with E-state index >= 15 is 0 Å². The van der Waals surface area contributed by atoms with Crippen molar-refractivity contribution in [2.24, 2.45) is 0 Å². The number of hydrogen-bond acceptors (Lipinski definition) is 5. The lowest BCUT2D eigenvalue weighted by atomic mass is 10.1. The quantitative estimate of drug-likeness (QED) is 0.594. The molecule has 0 N–H and O–H groups in total. The lowest BCUT2D eigenvalue weighted by Gasteiger charge is -2.03. The molecule has 6 nitrogen and oxygen atoms in total. The smallest absolute Gasteiger partial charge is 0.322 e. The van der Waals surface area contributed by atoms with Crippen molar-refractivity contribution in [1.82, 2.24) is 19.9 Å². The molecular formula is C18H18F2N4O2. The SMILES string of the molecule is CCCC(=O)c1cnn(Cc2ccc(-c3noc(C(C)(F)F)n3)cc2)c1. The maximum atomic E-state index is 13.2. The monoisotopic (exact) mass is 360 g/mol. The van der Waals surface area contributed by atoms with Crippen molar-refractivity contribution in [1.29, 1.82) is 0 Å². The van der Waals surface area contributed by atoms with Crippen molar-refractivity contribution in [2.45, 2.75) is 39.2 Å². The topological polar surface area (TPSA) is 73.8 Å². The molecule has 0 radical (unpaired) electrons. The Morgan fingerprint density at radius 3 is 2.62 bits per heavy atom. The number of carbonyl (C=O) groups excluding carboxylic acids is 1. The predicted molar refractivity (Wildman–Crippen MR) is 89.9 cm³/mol. The summed E-state index contributed by atoms with van der Waals surface area (Å²) in [5, 5.41) is 7.78. The molecule has 0 saturated heterocycles. The first-order valence-electron chi connectivity index (χ1n) is 8.24. The van der Waals surface area contributed by atoms with Crippen LogP contribution in [0.5, 0.6) is 0 Å². The van der Waals surface area contributed by atoms with Crippen LogP contribution in [0.25, 0.3) is 11.4 Å². The molecule has 26 heavy (non-hydrogen) atoms. The van der Waals surface area contributed by atoms with E-state index < -0.39 is 11.8 Å². The van der Waals surface area contributed by atoms with Crippen LogP contribution in [0.1, 0.15) is 48.5 Å². The maximum Gasteiger partial charge on any atom is 0.322 e. The molecule has 0 spiro atoms. The molecule has 3 aromatic rings. The minimum absolute atomic E-state index is 0.0785. The normalized spacial score (nSPS) is 11.7. The first-order valence-corrected chi connectivity index (χ1v) is 8.24. The molecule has 0 aliphatic rings. The lowest BCUT2D eigenvalue weighted by Crippen LogP contribution is -2.07. The predicted octanol–water partition coefficient (Wildman–Crippen LogP) is 4.08. The molecule has 0 aliphatic heterocycles. The molecule has 2 heterocycles. The molecule has 136 valence electrons. The standard InChI is InChI=1S/C18H18F2N4O2/c1-3-4-15(25)14-9-21-24(11-14)10-12-5-7-13(8-6-12)16-22-17(26-23-16)18(2,19)20/h5-9,11H,3-4,10H2,1-2H3. The number of hydrogen-bond donors (Lipinski definition) is 0. The van der Waals surface area contributed by atoms with Crippen LogP contribution in [-0.2, 0) is 12.5 Å². The Balaban J connectivity index is 1.70. The zero-order valence-corrected chi connectivity index (χ0v) is 14.4. The van der Waals surface area contributed by atoms with Crippen molar-refractivity contribution in [3.63, 3.8) is 0 Å². The Labute approximate surface area is 148 Å². The summed E-state index contributed by atoms with van der Waals surface area (Å²) >= 11 is 0. The van der Waals surface area contributed by atoms with E-state index in [0.717, 1.165) is 12.0 Å². The van der Waals surface area contributed by atoms with Crippen LogP contribution in [0.4, 0.5) is 8.78 Å². The van der Waals surface area contributed by atoms with Gasteiger partial charge in [0.2, 0.25) is 5.82 Å². The second kappa shape index (κ2) is 7.15. The maximum absolute atomic E-state index is 13.2. The fourth-order valence-electron chi connectivity index (χ4n) is 2.43. The Morgan fingerprint density at radius 1 is 1.27 bits per heavy atom. The molecule has 0 bridgehead atoms. The van der Waals surface area contributed by atoms with Crippen LogP contribution in [0.2, 0.25) is 0 Å². The van der Waals surface area contributed by atoms with Gasteiger partial charge in [0.15, 0.2) is 5.78 Å². The van der Waals surface area contributed by atoms with Gasteiger partial charge in [-0.05, 0) is 12.0 Å². The number of halogens is 2. The van der Waals surface area contributed by atoms with E-state index in [1.54, 1.807) is 29.2 Å². The average Bonchev–Trinajstić information content (AvgIpc) is 3.25. The molecule has 1 aromatic carbocycles. The number of nitrogens with zero attached hydrogens (tertiary/aromatic N) is 4. The highest BCUT2D eigenvalue weighted by atomic mass is 19.3. The highest BCUT2D eigenvalue weighted by Gasteiger charge is 2.32. The molecule has 0 amide bonds. The van der Waals surface area contributed by atoms with Gasteiger partial charge >= 0.3 is 5.92 Å². The highest BCUT2D eigenvalue weighted by Crippen LogP contribution is 2.27. The second-order valence-electron chi connectivity index (χ2n) is 6.11. The fraction of sp³-hybridized carbons (Fsp3) is 0.333. The van der Waals surface area contributed by atoms with E-state index in [-0.39, 0.29) is 11.6 Å². The van der Waals surface area contributed by atoms with Crippen molar-refractivity contribution >= 4 is 5.78 Å². The first-order chi connectivity index (χ1) is 12.4. The Morgan fingerprint density at radius 2 is 2.00 bits per heavy atom. The zero-order chi connectivity index (χ0) is 18.7. The van der Waals surface area contributed by atoms with Gasteiger partial charge in [0.05, 0.1) is 18.3 Å². The molecule has 3 rings (SSSR count). The van der Waals surface area contributed by atoms with Gasteiger partial charge in [-0.2, -0.15) is 18.9 Å². The third-order valence-corrected chi connectivity index (χ3v) is 3.79. The number of benzene rings is 1. The molecule has 8 heteroatoms. The number of alkyl halides is 2. The summed E-state index contributed by atoms with van der Waals surface area (Å²) in [6, 6.07) is 7.10. The van der Waals surface area contributed by atoms with Gasteiger partial charge < -0.3 is 4.52 Å². The number of Topliss-reactive ketones (excluding diaryl/α,β-unsaturated/α-hetero) is 1. The second-order valence-corrected chi connectivity index (χ2v) is 6.11. The number of ketones is 1. The number of rotatable bonds is 7. The largest absolute Gasteiger partial charge is 0.332 e. The molecule has 0 fully saturated rings. The summed E-state index contributed by atoms with van der Waals surface area (Å²) in [6.45, 7) is 3.15. The van der Waals surface area contributed by atoms with Crippen molar-refractivity contribution in [3.05, 3.63) is 53.7 Å². The summed E-state index contributed by atoms with van der Waals surface area (Å²) in [5.41, 5.74) is 2.12. The molecular weight excluding hydrogens is 342 g/mol. The third-order valence-electron chi connectivity index (χ3n) is 3.79. The number of aromatic nitrogens is 4. The summed E-state index contributed by atoms with van der Waals surface area (Å²) < 4.78 is 32.6. The van der Waals surface area contributed by atoms with Gasteiger partial charge in [-0.3, -0.25) is 9.48 Å². The summed E-state index contributed by atoms with van der Waals surface area (Å²) in [5.74, 6) is -3.69. The van der Waals surface area contributed by atoms with Crippen LogP contribution in [0.15, 0.2) is 41.2 Å². The van der Waals surface area contributed by atoms with E-state index in [1.807, 2.05) is 19.1 Å². The van der Waals surface area contributed by atoms with Crippen LogP contribution in [0.3, 0.4) is 0 Å². The van der Waals surface area contributed by atoms with Crippen molar-refractivity contribution in [2.75, 3.05) is 0 Å². The lowest BCUT2D eigenvalue weighted by molar-refractivity contribution is -0.0158. The molecule has 0 aliphatic carbocycles. The Hall–Kier alpha value is -2.90. The van der Waals surface area contributed by atoms with Crippen molar-refractivity contribution in [3.8, 4) is 11.4 Å². The van der Waals surface area contributed by atoms with Crippen LogP contribution < -0.4 is 0 Å². The third kappa shape index (κ3) is 4.01. The van der Waals surface area contributed by atoms with Gasteiger partial charge in [0, 0.05) is 25.1 Å². The van der Waals surface area contributed by atoms with E-state index in [0.29, 0.717) is 31.0 Å². The molecule has 0 saturated carbocycles. The highest BCUT2D eigenvalue weighted by molar-refractivity contribution is 5.95. The number of carbonyl (C=O) groups is 1. The van der Waals surface area contributed by atoms with Crippen molar-refractivity contribution < 1.29 is 18.1 Å². The first kappa shape index (κ1) is 17.9. The van der Waals surface area contributed by atoms with Gasteiger partial charge in [-0.1, -0.05) is 36.3 Å². The molecule has 0 unspecified atom stereocenters. The average molecular weight is 360 g/mol. The van der Waals surface area contributed by atoms with Crippen LogP contribution >= 0.6 is 0 Å². The molecule has 2 aromatic heterocycles. The van der Waals surface area contributed by atoms with E-state index in [1.165, 1.54) is 0 Å². The summed E-state index contributed by atoms with van der Waals surface area (Å²) in [7, 11) is 0. The van der Waals surface area contributed by atoms with E-state index in [9.17, 15) is 13.6 Å². The zero-order valence-electron chi connectivity index (χ0n) is 14.4. The van der Waals surface area contributed by atoms with E-state index in [2.05, 4.69) is 19.8 Å². The van der Waals surface area contributed by atoms with Gasteiger partial charge in [0.25, 0.3) is 5.89 Å². The van der Waals surface area contributed by atoms with Crippen LogP contribution in [-0.4, -0.2) is 25.7 Å². The minimum Gasteiger partial charge on any atom is -0.332 e. The van der Waals surface area contributed by atoms with Gasteiger partial charge in [0.1, 0.15) is 0 Å². The Bertz CT molecular complexity index is 895. The van der Waals surface area contributed by atoms with E-state index in [4.69, 9.17) is 0 Å². The van der Waals surface area contributed by atoms with Gasteiger partial charge in [-0.25, -0.2) is 0 Å². The molecule has 0 atom stereocenters. The van der Waals surface area contributed by atoms with Gasteiger partial charge in [-0.15, -0.1) is 0 Å². The minimum atomic E-state index is -3.17. The Kier molecular flexibility index (Phi) is 4.92.